The van der Waals surface area contributed by atoms with Gasteiger partial charge in [-0.25, -0.2) is 19.2 Å². The zero-order valence-corrected chi connectivity index (χ0v) is 18.4. The molecule has 172 valence electrons. The number of hydrogen-bond donors (Lipinski definition) is 0. The van der Waals surface area contributed by atoms with E-state index in [2.05, 4.69) is 13.2 Å². The maximum Gasteiger partial charge on any atom is 0.334 e. The number of fused-ring (bicyclic) bond motifs is 5. The summed E-state index contributed by atoms with van der Waals surface area (Å²) in [5, 5.41) is 0. The Hall–Kier alpha value is -3.16. The summed E-state index contributed by atoms with van der Waals surface area (Å²) in [5.74, 6) is -1.27. The highest BCUT2D eigenvalue weighted by Gasteiger charge is 2.52. The summed E-state index contributed by atoms with van der Waals surface area (Å²) in [6, 6.07) is 0. The molecule has 8 nitrogen and oxygen atoms in total. The van der Waals surface area contributed by atoms with Crippen molar-refractivity contribution in [1.29, 1.82) is 0 Å². The number of rotatable bonds is 10. The first kappa shape index (κ1) is 23.5. The average Bonchev–Trinajstić information content (AvgIpc) is 3.45. The van der Waals surface area contributed by atoms with Gasteiger partial charge in [-0.1, -0.05) is 25.3 Å². The SMILES string of the molecule is C=C(C)C(=O)OCCOC(=O)C1=CC2C3C=C(C(=O)OCCOC(=O)C(=C)C)C(C3)C2C1. The van der Waals surface area contributed by atoms with Gasteiger partial charge in [0, 0.05) is 22.3 Å². The predicted octanol–water partition coefficient (Wildman–Crippen LogP) is 2.45. The molecular weight excluding hydrogens is 416 g/mol. The molecule has 0 heterocycles. The van der Waals surface area contributed by atoms with Gasteiger partial charge in [-0.05, 0) is 50.4 Å². The minimum Gasteiger partial charge on any atom is -0.459 e. The summed E-state index contributed by atoms with van der Waals surface area (Å²) in [4.78, 5) is 47.6. The Labute approximate surface area is 186 Å². The number of carbonyl (C=O) groups excluding carboxylic acids is 4. The van der Waals surface area contributed by atoms with Crippen LogP contribution < -0.4 is 0 Å². The predicted molar refractivity (Wildman–Crippen MR) is 113 cm³/mol. The third kappa shape index (κ3) is 5.18. The van der Waals surface area contributed by atoms with E-state index < -0.39 is 23.9 Å². The fraction of sp³-hybridized carbons (Fsp3) is 0.500. The minimum absolute atomic E-state index is 0.0214. The van der Waals surface area contributed by atoms with Crippen LogP contribution in [-0.2, 0) is 38.1 Å². The lowest BCUT2D eigenvalue weighted by Crippen LogP contribution is -2.24. The molecule has 0 aliphatic heterocycles. The summed E-state index contributed by atoms with van der Waals surface area (Å²) in [6.45, 7) is 9.97. The molecule has 0 radical (unpaired) electrons. The van der Waals surface area contributed by atoms with Gasteiger partial charge in [0.2, 0.25) is 0 Å². The Morgan fingerprint density at radius 3 is 1.94 bits per heavy atom. The molecule has 0 amide bonds. The molecule has 2 bridgehead atoms. The van der Waals surface area contributed by atoms with E-state index in [0.717, 1.165) is 6.42 Å². The lowest BCUT2D eigenvalue weighted by atomic mass is 9.81. The minimum atomic E-state index is -0.522. The summed E-state index contributed by atoms with van der Waals surface area (Å²) in [7, 11) is 0. The first-order valence-corrected chi connectivity index (χ1v) is 10.6. The number of allylic oxidation sites excluding steroid dienone is 2. The van der Waals surface area contributed by atoms with Crippen molar-refractivity contribution < 1.29 is 38.1 Å². The van der Waals surface area contributed by atoms with Gasteiger partial charge >= 0.3 is 23.9 Å². The smallest absolute Gasteiger partial charge is 0.334 e. The molecule has 1 fully saturated rings. The molecule has 8 heteroatoms. The second-order valence-corrected chi connectivity index (χ2v) is 8.37. The monoisotopic (exact) mass is 444 g/mol. The van der Waals surface area contributed by atoms with Crippen molar-refractivity contribution in [2.24, 2.45) is 23.7 Å². The second-order valence-electron chi connectivity index (χ2n) is 8.37. The largest absolute Gasteiger partial charge is 0.459 e. The maximum atomic E-state index is 12.5. The van der Waals surface area contributed by atoms with E-state index in [4.69, 9.17) is 18.9 Å². The molecular formula is C24H28O8. The van der Waals surface area contributed by atoms with E-state index in [0.29, 0.717) is 17.6 Å². The highest BCUT2D eigenvalue weighted by Crippen LogP contribution is 2.57. The van der Waals surface area contributed by atoms with Gasteiger partial charge in [0.1, 0.15) is 26.4 Å². The van der Waals surface area contributed by atoms with E-state index in [1.54, 1.807) is 13.8 Å². The van der Waals surface area contributed by atoms with Crippen LogP contribution in [0.25, 0.3) is 0 Å². The molecule has 4 unspecified atom stereocenters. The second kappa shape index (κ2) is 9.97. The van der Waals surface area contributed by atoms with Crippen LogP contribution in [0, 0.1) is 23.7 Å². The summed E-state index contributed by atoms with van der Waals surface area (Å²) in [5.41, 5.74) is 1.80. The highest BCUT2D eigenvalue weighted by molar-refractivity contribution is 5.92. The van der Waals surface area contributed by atoms with Crippen LogP contribution in [0.1, 0.15) is 26.7 Å². The molecule has 0 saturated heterocycles. The molecule has 0 aromatic heterocycles. The summed E-state index contributed by atoms with van der Waals surface area (Å²) < 4.78 is 20.3. The van der Waals surface area contributed by atoms with Gasteiger partial charge in [0.05, 0.1) is 0 Å². The standard InChI is InChI=1S/C24H28O8/c1-13(2)21(25)29-5-7-31-23(27)16-11-17-15-9-19(18(17)12-16)20(10-15)24(28)32-8-6-30-22(26)14(3)4/h10-11,15,17-19H,1,3,5-9,12H2,2,4H3. The normalized spacial score (nSPS) is 24.7. The quantitative estimate of drug-likeness (QED) is 0.219. The van der Waals surface area contributed by atoms with Crippen LogP contribution in [-0.4, -0.2) is 50.3 Å². The average molecular weight is 444 g/mol. The van der Waals surface area contributed by atoms with Crippen LogP contribution >= 0.6 is 0 Å². The van der Waals surface area contributed by atoms with E-state index in [-0.39, 0.29) is 61.2 Å². The van der Waals surface area contributed by atoms with Gasteiger partial charge in [0.15, 0.2) is 0 Å². The number of esters is 4. The summed E-state index contributed by atoms with van der Waals surface area (Å²) >= 11 is 0. The van der Waals surface area contributed by atoms with Crippen LogP contribution in [0.2, 0.25) is 0 Å². The Morgan fingerprint density at radius 1 is 0.844 bits per heavy atom. The fourth-order valence-corrected chi connectivity index (χ4v) is 4.51. The zero-order chi connectivity index (χ0) is 23.4. The molecule has 0 aromatic carbocycles. The Kier molecular flexibility index (Phi) is 7.33. The fourth-order valence-electron chi connectivity index (χ4n) is 4.51. The molecule has 32 heavy (non-hydrogen) atoms. The molecule has 3 aliphatic carbocycles. The van der Waals surface area contributed by atoms with Gasteiger partial charge < -0.3 is 18.9 Å². The van der Waals surface area contributed by atoms with Crippen molar-refractivity contribution >= 4 is 23.9 Å². The van der Waals surface area contributed by atoms with Gasteiger partial charge in [-0.15, -0.1) is 0 Å². The van der Waals surface area contributed by atoms with Crippen LogP contribution in [0.3, 0.4) is 0 Å². The van der Waals surface area contributed by atoms with Crippen LogP contribution in [0.15, 0.2) is 47.6 Å². The van der Waals surface area contributed by atoms with Gasteiger partial charge in [-0.2, -0.15) is 0 Å². The first-order valence-electron chi connectivity index (χ1n) is 10.6. The van der Waals surface area contributed by atoms with Crippen molar-refractivity contribution in [3.8, 4) is 0 Å². The van der Waals surface area contributed by atoms with Crippen LogP contribution in [0.4, 0.5) is 0 Å². The van der Waals surface area contributed by atoms with Crippen molar-refractivity contribution in [1.82, 2.24) is 0 Å². The van der Waals surface area contributed by atoms with Crippen LogP contribution in [0.5, 0.6) is 0 Å². The molecule has 1 saturated carbocycles. The third-order valence-corrected chi connectivity index (χ3v) is 5.97. The Morgan fingerprint density at radius 2 is 1.38 bits per heavy atom. The molecule has 0 spiro atoms. The molecule has 0 aromatic rings. The molecule has 0 N–H and O–H groups in total. The van der Waals surface area contributed by atoms with Crippen molar-refractivity contribution in [2.45, 2.75) is 26.7 Å². The topological polar surface area (TPSA) is 105 Å². The molecule has 4 atom stereocenters. The van der Waals surface area contributed by atoms with Crippen molar-refractivity contribution in [3.63, 3.8) is 0 Å². The van der Waals surface area contributed by atoms with Gasteiger partial charge in [0.25, 0.3) is 0 Å². The van der Waals surface area contributed by atoms with E-state index in [1.165, 1.54) is 0 Å². The number of carbonyl (C=O) groups is 4. The lowest BCUT2D eigenvalue weighted by molar-refractivity contribution is -0.147. The molecule has 3 rings (SSSR count). The van der Waals surface area contributed by atoms with Crippen molar-refractivity contribution in [2.75, 3.05) is 26.4 Å². The first-order chi connectivity index (χ1) is 15.2. The highest BCUT2D eigenvalue weighted by atomic mass is 16.6. The van der Waals surface area contributed by atoms with Gasteiger partial charge in [-0.3, -0.25) is 0 Å². The van der Waals surface area contributed by atoms with Crippen molar-refractivity contribution in [3.05, 3.63) is 47.6 Å². The van der Waals surface area contributed by atoms with E-state index >= 15 is 0 Å². The maximum absolute atomic E-state index is 12.5. The zero-order valence-electron chi connectivity index (χ0n) is 18.4. The third-order valence-electron chi connectivity index (χ3n) is 5.97. The Bertz CT molecular complexity index is 909. The van der Waals surface area contributed by atoms with E-state index in [1.807, 2.05) is 12.2 Å². The number of ether oxygens (including phenoxy) is 4. The molecule has 3 aliphatic rings. The summed E-state index contributed by atoms with van der Waals surface area (Å²) in [6.07, 6.45) is 5.29. The lowest BCUT2D eigenvalue weighted by Gasteiger charge is -2.24. The van der Waals surface area contributed by atoms with E-state index in [9.17, 15) is 19.2 Å². The number of hydrogen-bond acceptors (Lipinski definition) is 8. The Balaban J connectivity index is 1.43.